The molecule has 20 heavy (non-hydrogen) atoms. The van der Waals surface area contributed by atoms with Crippen molar-refractivity contribution in [3.05, 3.63) is 0 Å². The quantitative estimate of drug-likeness (QED) is 0.568. The van der Waals surface area contributed by atoms with E-state index in [4.69, 9.17) is 4.74 Å². The van der Waals surface area contributed by atoms with Crippen LogP contribution in [0, 0.1) is 11.3 Å². The second-order valence-corrected chi connectivity index (χ2v) is 6.34. The van der Waals surface area contributed by atoms with Crippen LogP contribution in [0.5, 0.6) is 0 Å². The van der Waals surface area contributed by atoms with Crippen molar-refractivity contribution in [3.8, 4) is 0 Å². The highest BCUT2D eigenvalue weighted by Gasteiger charge is 2.30. The van der Waals surface area contributed by atoms with Crippen LogP contribution in [0.2, 0.25) is 0 Å². The van der Waals surface area contributed by atoms with Crippen LogP contribution < -0.4 is 10.6 Å². The monoisotopic (exact) mass is 284 g/mol. The van der Waals surface area contributed by atoms with Gasteiger partial charge in [-0.25, -0.2) is 4.79 Å². The Morgan fingerprint density at radius 2 is 1.95 bits per heavy atom. The molecule has 6 nitrogen and oxygen atoms in total. The second kappa shape index (κ2) is 6.72. The van der Waals surface area contributed by atoms with E-state index in [0.717, 1.165) is 12.8 Å². The molecule has 1 saturated carbocycles. The van der Waals surface area contributed by atoms with Crippen LogP contribution >= 0.6 is 0 Å². The molecule has 0 heterocycles. The number of amides is 2. The zero-order valence-corrected chi connectivity index (χ0v) is 12.6. The number of rotatable bonds is 6. The molecule has 0 spiro atoms. The topological polar surface area (TPSA) is 84.5 Å². The Morgan fingerprint density at radius 1 is 1.35 bits per heavy atom. The summed E-state index contributed by atoms with van der Waals surface area (Å²) >= 11 is 0. The summed E-state index contributed by atoms with van der Waals surface area (Å²) in [5, 5.41) is 4.93. The van der Waals surface area contributed by atoms with Gasteiger partial charge in [0.1, 0.15) is 18.9 Å². The summed E-state index contributed by atoms with van der Waals surface area (Å²) in [7, 11) is 0. The normalized spacial score (nSPS) is 17.8. The minimum atomic E-state index is -0.607. The third-order valence-electron chi connectivity index (χ3n) is 3.35. The van der Waals surface area contributed by atoms with Crippen molar-refractivity contribution >= 4 is 18.3 Å². The fraction of sp³-hybridized carbons (Fsp3) is 0.786. The first-order valence-corrected chi connectivity index (χ1v) is 6.93. The van der Waals surface area contributed by atoms with Gasteiger partial charge in [0.05, 0.1) is 6.04 Å². The van der Waals surface area contributed by atoms with Gasteiger partial charge < -0.3 is 20.2 Å². The summed E-state index contributed by atoms with van der Waals surface area (Å²) < 4.78 is 5.17. The molecule has 2 amide bonds. The predicted molar refractivity (Wildman–Crippen MR) is 74.1 cm³/mol. The average molecular weight is 284 g/mol. The predicted octanol–water partition coefficient (Wildman–Crippen LogP) is 1.24. The fourth-order valence-electron chi connectivity index (χ4n) is 1.71. The number of carbonyl (C=O) groups is 3. The fourth-order valence-corrected chi connectivity index (χ4v) is 1.71. The first kappa shape index (κ1) is 16.5. The number of carbonyl (C=O) groups excluding carboxylic acids is 3. The smallest absolute Gasteiger partial charge is 0.325 e. The van der Waals surface area contributed by atoms with E-state index < -0.39 is 18.0 Å². The standard InChI is InChI=1S/C14H24N2O4/c1-9(10-5-6-10)20-12(18)7-15-13(19)16-11(8-17)14(2,3)4/h8-11H,5-7H2,1-4H3,(H2,15,16,19). The van der Waals surface area contributed by atoms with E-state index in [1.807, 2.05) is 27.7 Å². The zero-order valence-electron chi connectivity index (χ0n) is 12.6. The Hall–Kier alpha value is -1.59. The van der Waals surface area contributed by atoms with Crippen molar-refractivity contribution in [2.45, 2.75) is 52.7 Å². The summed E-state index contributed by atoms with van der Waals surface area (Å²) in [6.45, 7) is 7.20. The molecule has 6 heteroatoms. The summed E-state index contributed by atoms with van der Waals surface area (Å²) in [6.07, 6.45) is 2.78. The Bertz CT molecular complexity index is 372. The number of esters is 1. The average Bonchev–Trinajstić information content (AvgIpc) is 3.15. The van der Waals surface area contributed by atoms with Gasteiger partial charge in [-0.15, -0.1) is 0 Å². The second-order valence-electron chi connectivity index (χ2n) is 6.34. The van der Waals surface area contributed by atoms with E-state index >= 15 is 0 Å². The maximum Gasteiger partial charge on any atom is 0.325 e. The van der Waals surface area contributed by atoms with Crippen molar-refractivity contribution < 1.29 is 19.1 Å². The highest BCUT2D eigenvalue weighted by Crippen LogP contribution is 2.33. The van der Waals surface area contributed by atoms with Gasteiger partial charge >= 0.3 is 12.0 Å². The number of nitrogens with one attached hydrogen (secondary N) is 2. The SMILES string of the molecule is CC(OC(=O)CNC(=O)NC(C=O)C(C)(C)C)C1CC1. The molecule has 1 aliphatic rings. The number of ether oxygens (including phenoxy) is 1. The molecule has 0 saturated heterocycles. The molecule has 0 aromatic rings. The Labute approximate surface area is 119 Å². The Kier molecular flexibility index (Phi) is 5.53. The minimum absolute atomic E-state index is 0.0929. The molecule has 0 radical (unpaired) electrons. The third-order valence-corrected chi connectivity index (χ3v) is 3.35. The van der Waals surface area contributed by atoms with Gasteiger partial charge in [-0.3, -0.25) is 4.79 Å². The van der Waals surface area contributed by atoms with Gasteiger partial charge in [-0.1, -0.05) is 20.8 Å². The van der Waals surface area contributed by atoms with Gasteiger partial charge in [0, 0.05) is 0 Å². The Morgan fingerprint density at radius 3 is 2.40 bits per heavy atom. The lowest BCUT2D eigenvalue weighted by molar-refractivity contribution is -0.147. The van der Waals surface area contributed by atoms with E-state index in [1.165, 1.54) is 0 Å². The number of hydrogen-bond donors (Lipinski definition) is 2. The maximum absolute atomic E-state index is 11.6. The first-order valence-electron chi connectivity index (χ1n) is 6.93. The Balaban J connectivity index is 2.27. The summed E-state index contributed by atoms with van der Waals surface area (Å²) in [5.41, 5.74) is -0.375. The van der Waals surface area contributed by atoms with Crippen LogP contribution in [0.1, 0.15) is 40.5 Å². The van der Waals surface area contributed by atoms with Gasteiger partial charge in [0.2, 0.25) is 0 Å². The van der Waals surface area contributed by atoms with Crippen LogP contribution in [0.25, 0.3) is 0 Å². The minimum Gasteiger partial charge on any atom is -0.461 e. The molecule has 1 aliphatic carbocycles. The molecule has 0 aromatic carbocycles. The molecule has 1 fully saturated rings. The number of urea groups is 1. The van der Waals surface area contributed by atoms with Crippen molar-refractivity contribution in [1.29, 1.82) is 0 Å². The molecule has 2 N–H and O–H groups in total. The van der Waals surface area contributed by atoms with E-state index in [2.05, 4.69) is 10.6 Å². The van der Waals surface area contributed by atoms with E-state index in [9.17, 15) is 14.4 Å². The summed E-state index contributed by atoms with van der Waals surface area (Å²) in [4.78, 5) is 34.0. The molecule has 0 aliphatic heterocycles. The molecular formula is C14H24N2O4. The summed E-state index contributed by atoms with van der Waals surface area (Å²) in [5.74, 6) is 0.00562. The molecule has 0 bridgehead atoms. The number of hydrogen-bond acceptors (Lipinski definition) is 4. The maximum atomic E-state index is 11.6. The van der Waals surface area contributed by atoms with Gasteiger partial charge in [0.25, 0.3) is 0 Å². The zero-order chi connectivity index (χ0) is 15.3. The largest absolute Gasteiger partial charge is 0.461 e. The van der Waals surface area contributed by atoms with Crippen molar-refractivity contribution in [2.24, 2.45) is 11.3 Å². The molecule has 0 aromatic heterocycles. The first-order chi connectivity index (χ1) is 9.24. The molecule has 2 atom stereocenters. The summed E-state index contributed by atoms with van der Waals surface area (Å²) in [6, 6.07) is -1.16. The van der Waals surface area contributed by atoms with Crippen LogP contribution in [0.4, 0.5) is 4.79 Å². The van der Waals surface area contributed by atoms with Gasteiger partial charge in [-0.2, -0.15) is 0 Å². The lowest BCUT2D eigenvalue weighted by Gasteiger charge is -2.26. The molecular weight excluding hydrogens is 260 g/mol. The van der Waals surface area contributed by atoms with Crippen LogP contribution in [-0.4, -0.2) is 37.0 Å². The van der Waals surface area contributed by atoms with E-state index in [1.54, 1.807) is 0 Å². The highest BCUT2D eigenvalue weighted by atomic mass is 16.5. The van der Waals surface area contributed by atoms with Crippen molar-refractivity contribution in [2.75, 3.05) is 6.54 Å². The molecule has 1 rings (SSSR count). The van der Waals surface area contributed by atoms with E-state index in [-0.39, 0.29) is 18.1 Å². The van der Waals surface area contributed by atoms with Gasteiger partial charge in [0.15, 0.2) is 0 Å². The van der Waals surface area contributed by atoms with Crippen molar-refractivity contribution in [1.82, 2.24) is 10.6 Å². The number of aldehydes is 1. The van der Waals surface area contributed by atoms with E-state index in [0.29, 0.717) is 12.2 Å². The highest BCUT2D eigenvalue weighted by molar-refractivity contribution is 5.82. The molecule has 2 unspecified atom stereocenters. The van der Waals surface area contributed by atoms with Gasteiger partial charge in [-0.05, 0) is 31.1 Å². The lowest BCUT2D eigenvalue weighted by Crippen LogP contribution is -2.50. The van der Waals surface area contributed by atoms with Crippen LogP contribution in [0.3, 0.4) is 0 Å². The van der Waals surface area contributed by atoms with Crippen molar-refractivity contribution in [3.63, 3.8) is 0 Å². The van der Waals surface area contributed by atoms with Crippen LogP contribution in [0.15, 0.2) is 0 Å². The molecule has 114 valence electrons. The van der Waals surface area contributed by atoms with Crippen LogP contribution in [-0.2, 0) is 14.3 Å². The third kappa shape index (κ3) is 5.59. The lowest BCUT2D eigenvalue weighted by atomic mass is 9.88.